The summed E-state index contributed by atoms with van der Waals surface area (Å²) in [6, 6.07) is 2.18. The SMILES string of the molecule is CCn1nc(C2CC2)cc1S(=O)(=O)N(C1CCNCC1)C1CC1. The molecule has 1 aliphatic heterocycles. The molecule has 2 heterocycles. The summed E-state index contributed by atoms with van der Waals surface area (Å²) in [4.78, 5) is 0. The Labute approximate surface area is 138 Å². The predicted molar refractivity (Wildman–Crippen MR) is 87.8 cm³/mol. The van der Waals surface area contributed by atoms with Crippen LogP contribution in [0.3, 0.4) is 0 Å². The Balaban J connectivity index is 1.69. The van der Waals surface area contributed by atoms with Crippen molar-refractivity contribution < 1.29 is 8.42 Å². The van der Waals surface area contributed by atoms with Gasteiger partial charge in [0.25, 0.3) is 10.0 Å². The van der Waals surface area contributed by atoms with Crippen molar-refractivity contribution in [1.29, 1.82) is 0 Å². The third-order valence-electron chi connectivity index (χ3n) is 5.17. The Morgan fingerprint density at radius 2 is 1.83 bits per heavy atom. The van der Waals surface area contributed by atoms with Crippen LogP contribution in [0.5, 0.6) is 0 Å². The summed E-state index contributed by atoms with van der Waals surface area (Å²) in [7, 11) is -3.46. The number of nitrogens with one attached hydrogen (secondary N) is 1. The van der Waals surface area contributed by atoms with Gasteiger partial charge in [-0.05, 0) is 58.5 Å². The Morgan fingerprint density at radius 1 is 1.17 bits per heavy atom. The van der Waals surface area contributed by atoms with E-state index in [9.17, 15) is 8.42 Å². The molecule has 0 aromatic carbocycles. The van der Waals surface area contributed by atoms with Crippen molar-refractivity contribution in [2.24, 2.45) is 0 Å². The van der Waals surface area contributed by atoms with Crippen molar-refractivity contribution in [1.82, 2.24) is 19.4 Å². The molecule has 2 aliphatic carbocycles. The minimum absolute atomic E-state index is 0.137. The van der Waals surface area contributed by atoms with Gasteiger partial charge in [-0.25, -0.2) is 8.42 Å². The molecule has 2 saturated carbocycles. The van der Waals surface area contributed by atoms with Crippen molar-refractivity contribution in [3.05, 3.63) is 11.8 Å². The van der Waals surface area contributed by atoms with Crippen LogP contribution in [0.2, 0.25) is 0 Å². The summed E-state index contributed by atoms with van der Waals surface area (Å²) in [5.41, 5.74) is 0.964. The van der Waals surface area contributed by atoms with E-state index in [0.717, 1.165) is 57.3 Å². The van der Waals surface area contributed by atoms with Gasteiger partial charge in [0.2, 0.25) is 0 Å². The second-order valence-electron chi connectivity index (χ2n) is 7.04. The maximum atomic E-state index is 13.4. The molecule has 4 rings (SSSR count). The first-order valence-corrected chi connectivity index (χ1v) is 10.4. The van der Waals surface area contributed by atoms with E-state index in [1.165, 1.54) is 0 Å². The number of hydrogen-bond acceptors (Lipinski definition) is 4. The van der Waals surface area contributed by atoms with Crippen molar-refractivity contribution >= 4 is 10.0 Å². The summed E-state index contributed by atoms with van der Waals surface area (Å²) in [5.74, 6) is 0.477. The van der Waals surface area contributed by atoms with Crippen LogP contribution in [0.25, 0.3) is 0 Å². The summed E-state index contributed by atoms with van der Waals surface area (Å²) >= 11 is 0. The van der Waals surface area contributed by atoms with Gasteiger partial charge >= 0.3 is 0 Å². The van der Waals surface area contributed by atoms with Crippen LogP contribution >= 0.6 is 0 Å². The van der Waals surface area contributed by atoms with Gasteiger partial charge in [-0.15, -0.1) is 0 Å². The zero-order valence-electron chi connectivity index (χ0n) is 13.7. The highest BCUT2D eigenvalue weighted by Crippen LogP contribution is 2.41. The number of piperidine rings is 1. The molecule has 3 fully saturated rings. The fourth-order valence-electron chi connectivity index (χ4n) is 3.62. The van der Waals surface area contributed by atoms with Gasteiger partial charge in [0.05, 0.1) is 5.69 Å². The monoisotopic (exact) mass is 338 g/mol. The fraction of sp³-hybridized carbons (Fsp3) is 0.812. The number of aryl methyl sites for hydroxylation is 1. The summed E-state index contributed by atoms with van der Waals surface area (Å²) in [5, 5.41) is 8.30. The molecule has 23 heavy (non-hydrogen) atoms. The first-order valence-electron chi connectivity index (χ1n) is 8.93. The van der Waals surface area contributed by atoms with Gasteiger partial charge in [0.1, 0.15) is 0 Å². The highest BCUT2D eigenvalue weighted by Gasteiger charge is 2.44. The maximum Gasteiger partial charge on any atom is 0.260 e. The van der Waals surface area contributed by atoms with Crippen LogP contribution in [0, 0.1) is 0 Å². The Morgan fingerprint density at radius 3 is 2.39 bits per heavy atom. The normalized spacial score (nSPS) is 23.6. The van der Waals surface area contributed by atoms with E-state index in [4.69, 9.17) is 0 Å². The summed E-state index contributed by atoms with van der Waals surface area (Å²) in [6.07, 6.45) is 6.09. The zero-order valence-corrected chi connectivity index (χ0v) is 14.6. The highest BCUT2D eigenvalue weighted by atomic mass is 32.2. The van der Waals surface area contributed by atoms with Gasteiger partial charge in [0, 0.05) is 30.6 Å². The molecule has 0 spiro atoms. The molecule has 1 aromatic rings. The molecule has 1 aromatic heterocycles. The minimum atomic E-state index is -3.46. The third-order valence-corrected chi connectivity index (χ3v) is 7.18. The van der Waals surface area contributed by atoms with E-state index in [0.29, 0.717) is 17.5 Å². The quantitative estimate of drug-likeness (QED) is 0.857. The molecule has 7 heteroatoms. The van der Waals surface area contributed by atoms with Crippen LogP contribution < -0.4 is 5.32 Å². The van der Waals surface area contributed by atoms with Crippen molar-refractivity contribution in [2.75, 3.05) is 13.1 Å². The zero-order chi connectivity index (χ0) is 16.0. The molecule has 0 unspecified atom stereocenters. The smallest absolute Gasteiger partial charge is 0.260 e. The second kappa shape index (κ2) is 5.86. The standard InChI is InChI=1S/C16H26N4O2S/c1-2-19-16(11-15(18-19)12-3-4-12)23(21,22)20(13-5-6-13)14-7-9-17-10-8-14/h11-14,17H,2-10H2,1H3. The van der Waals surface area contributed by atoms with Gasteiger partial charge in [0.15, 0.2) is 5.03 Å². The molecule has 0 amide bonds. The molecule has 0 atom stereocenters. The lowest BCUT2D eigenvalue weighted by Crippen LogP contribution is -2.47. The predicted octanol–water partition coefficient (Wildman–Crippen LogP) is 1.69. The van der Waals surface area contributed by atoms with Crippen LogP contribution in [0.4, 0.5) is 0 Å². The van der Waals surface area contributed by atoms with Gasteiger partial charge in [-0.3, -0.25) is 4.68 Å². The molecule has 1 saturated heterocycles. The average Bonchev–Trinajstić information content (AvgIpc) is 3.47. The molecule has 6 nitrogen and oxygen atoms in total. The molecular formula is C16H26N4O2S. The Bertz CT molecular complexity index is 670. The van der Waals surface area contributed by atoms with E-state index in [1.807, 2.05) is 17.3 Å². The first kappa shape index (κ1) is 15.6. The molecule has 1 N–H and O–H groups in total. The Hall–Kier alpha value is -0.920. The van der Waals surface area contributed by atoms with E-state index in [-0.39, 0.29) is 12.1 Å². The highest BCUT2D eigenvalue weighted by molar-refractivity contribution is 7.89. The van der Waals surface area contributed by atoms with Gasteiger partial charge in [-0.1, -0.05) is 0 Å². The van der Waals surface area contributed by atoms with Crippen molar-refractivity contribution in [3.8, 4) is 0 Å². The van der Waals surface area contributed by atoms with Crippen molar-refractivity contribution in [3.63, 3.8) is 0 Å². The number of rotatable bonds is 6. The molecule has 0 bridgehead atoms. The molecule has 128 valence electrons. The van der Waals surface area contributed by atoms with Crippen molar-refractivity contribution in [2.45, 2.75) is 75.0 Å². The molecule has 0 radical (unpaired) electrons. The van der Waals surface area contributed by atoms with Crippen LogP contribution in [0.1, 0.15) is 57.1 Å². The largest absolute Gasteiger partial charge is 0.317 e. The van der Waals surface area contributed by atoms with Crippen LogP contribution in [0.15, 0.2) is 11.1 Å². The molecule has 3 aliphatic rings. The average molecular weight is 338 g/mol. The van der Waals surface area contributed by atoms with E-state index < -0.39 is 10.0 Å². The van der Waals surface area contributed by atoms with Gasteiger partial charge < -0.3 is 5.32 Å². The summed E-state index contributed by atoms with van der Waals surface area (Å²) in [6.45, 7) is 4.38. The lowest BCUT2D eigenvalue weighted by Gasteiger charge is -2.33. The Kier molecular flexibility index (Phi) is 3.98. The van der Waals surface area contributed by atoms with E-state index in [1.54, 1.807) is 4.68 Å². The van der Waals surface area contributed by atoms with E-state index in [2.05, 4.69) is 10.4 Å². The number of sulfonamides is 1. The molecular weight excluding hydrogens is 312 g/mol. The van der Waals surface area contributed by atoms with Crippen LogP contribution in [-0.2, 0) is 16.6 Å². The number of aromatic nitrogens is 2. The van der Waals surface area contributed by atoms with Crippen LogP contribution in [-0.4, -0.2) is 47.7 Å². The lowest BCUT2D eigenvalue weighted by molar-refractivity contribution is 0.253. The minimum Gasteiger partial charge on any atom is -0.317 e. The summed E-state index contributed by atoms with van der Waals surface area (Å²) < 4.78 is 30.3. The lowest BCUT2D eigenvalue weighted by atomic mass is 10.1. The van der Waals surface area contributed by atoms with E-state index >= 15 is 0 Å². The topological polar surface area (TPSA) is 67.2 Å². The third kappa shape index (κ3) is 2.94. The first-order chi connectivity index (χ1) is 11.1. The second-order valence-corrected chi connectivity index (χ2v) is 8.83. The maximum absolute atomic E-state index is 13.4. The number of nitrogens with zero attached hydrogens (tertiary/aromatic N) is 3. The number of hydrogen-bond donors (Lipinski definition) is 1. The fourth-order valence-corrected chi connectivity index (χ4v) is 5.75. The van der Waals surface area contributed by atoms with Gasteiger partial charge in [-0.2, -0.15) is 9.40 Å².